The lowest BCUT2D eigenvalue weighted by Gasteiger charge is -2.16. The first-order valence-corrected chi connectivity index (χ1v) is 12.2. The summed E-state index contributed by atoms with van der Waals surface area (Å²) in [6.45, 7) is 12.9. The van der Waals surface area contributed by atoms with Crippen molar-refractivity contribution in [2.45, 2.75) is 67.2 Å². The van der Waals surface area contributed by atoms with Crippen molar-refractivity contribution in [1.82, 2.24) is 0 Å². The first kappa shape index (κ1) is 27.2. The molecule has 0 radical (unpaired) electrons. The van der Waals surface area contributed by atoms with Gasteiger partial charge in [0.05, 0.1) is 18.6 Å². The molecular weight excluding hydrogens is 428 g/mol. The van der Waals surface area contributed by atoms with Gasteiger partial charge in [-0.3, -0.25) is 9.59 Å². The molecule has 0 N–H and O–H groups in total. The molecule has 5 heteroatoms. The van der Waals surface area contributed by atoms with E-state index in [1.807, 2.05) is 6.07 Å². The van der Waals surface area contributed by atoms with E-state index in [9.17, 15) is 9.59 Å². The molecule has 2 rings (SSSR count). The van der Waals surface area contributed by atoms with Crippen molar-refractivity contribution in [3.8, 4) is 17.2 Å². The highest BCUT2D eigenvalue weighted by Gasteiger charge is 2.23. The first-order chi connectivity index (χ1) is 16.2. The number of hydrogen-bond acceptors (Lipinski definition) is 5. The van der Waals surface area contributed by atoms with Crippen LogP contribution >= 0.6 is 0 Å². The lowest BCUT2D eigenvalue weighted by atomic mass is 9.97. The zero-order valence-electron chi connectivity index (χ0n) is 21.4. The van der Waals surface area contributed by atoms with Crippen molar-refractivity contribution in [2.24, 2.45) is 5.41 Å². The Bertz CT molecular complexity index is 981. The number of esters is 1. The highest BCUT2D eigenvalue weighted by atomic mass is 16.5. The van der Waals surface area contributed by atoms with Gasteiger partial charge in [0.1, 0.15) is 17.2 Å². The summed E-state index contributed by atoms with van der Waals surface area (Å²) < 4.78 is 17.3. The Labute approximate surface area is 204 Å². The molecule has 2 aromatic rings. The molecule has 34 heavy (non-hydrogen) atoms. The number of aryl methyl sites for hydroxylation is 1. The van der Waals surface area contributed by atoms with Crippen molar-refractivity contribution in [3.63, 3.8) is 0 Å². The average Bonchev–Trinajstić information content (AvgIpc) is 2.80. The molecular formula is C29H38O5. The highest BCUT2D eigenvalue weighted by Crippen LogP contribution is 2.32. The molecule has 0 fully saturated rings. The standard InChI is InChI=1S/C29H38O5/c1-7-10-22-19-23(27(33-18-9-3)20-26(22)32-17-8-2)13-16-25(30)21-11-14-24(15-12-21)34-28(31)29(4,5)6/h11-16,19-20H,7-10,17-18H2,1-6H3. The lowest BCUT2D eigenvalue weighted by Crippen LogP contribution is -2.25. The second-order valence-electron chi connectivity index (χ2n) is 9.31. The van der Waals surface area contributed by atoms with Crippen LogP contribution in [0.4, 0.5) is 0 Å². The maximum absolute atomic E-state index is 12.8. The van der Waals surface area contributed by atoms with Gasteiger partial charge in [-0.2, -0.15) is 0 Å². The molecule has 0 aliphatic rings. The molecule has 0 aromatic heterocycles. The molecule has 0 aliphatic heterocycles. The van der Waals surface area contributed by atoms with Gasteiger partial charge in [-0.1, -0.05) is 27.2 Å². The number of hydrogen-bond donors (Lipinski definition) is 0. The van der Waals surface area contributed by atoms with Crippen LogP contribution in [-0.4, -0.2) is 25.0 Å². The fourth-order valence-corrected chi connectivity index (χ4v) is 3.11. The summed E-state index contributed by atoms with van der Waals surface area (Å²) in [5.41, 5.74) is 1.88. The Morgan fingerprint density at radius 1 is 0.853 bits per heavy atom. The monoisotopic (exact) mass is 466 g/mol. The quantitative estimate of drug-likeness (QED) is 0.145. The minimum absolute atomic E-state index is 0.140. The Hall–Kier alpha value is -3.08. The van der Waals surface area contributed by atoms with Crippen LogP contribution in [-0.2, 0) is 11.2 Å². The minimum Gasteiger partial charge on any atom is -0.493 e. The Morgan fingerprint density at radius 2 is 1.47 bits per heavy atom. The molecule has 5 nitrogen and oxygen atoms in total. The third-order valence-corrected chi connectivity index (χ3v) is 5.01. The predicted molar refractivity (Wildman–Crippen MR) is 137 cm³/mol. The molecule has 0 saturated heterocycles. The topological polar surface area (TPSA) is 61.8 Å². The van der Waals surface area contributed by atoms with E-state index >= 15 is 0 Å². The maximum atomic E-state index is 12.8. The highest BCUT2D eigenvalue weighted by molar-refractivity contribution is 6.07. The predicted octanol–water partition coefficient (Wildman–Crippen LogP) is 7.06. The lowest BCUT2D eigenvalue weighted by molar-refractivity contribution is -0.143. The summed E-state index contributed by atoms with van der Waals surface area (Å²) in [6, 6.07) is 10.6. The Balaban J connectivity index is 2.25. The molecule has 184 valence electrons. The van der Waals surface area contributed by atoms with Crippen LogP contribution in [0.15, 0.2) is 42.5 Å². The van der Waals surface area contributed by atoms with Gasteiger partial charge in [0.25, 0.3) is 0 Å². The van der Waals surface area contributed by atoms with Crippen LogP contribution in [0.25, 0.3) is 6.08 Å². The normalized spacial score (nSPS) is 11.5. The van der Waals surface area contributed by atoms with Gasteiger partial charge < -0.3 is 14.2 Å². The fourth-order valence-electron chi connectivity index (χ4n) is 3.11. The van der Waals surface area contributed by atoms with E-state index in [0.29, 0.717) is 30.3 Å². The van der Waals surface area contributed by atoms with Gasteiger partial charge in [-0.15, -0.1) is 0 Å². The van der Waals surface area contributed by atoms with Crippen LogP contribution in [0.2, 0.25) is 0 Å². The summed E-state index contributed by atoms with van der Waals surface area (Å²) in [7, 11) is 0. The Morgan fingerprint density at radius 3 is 2.03 bits per heavy atom. The van der Waals surface area contributed by atoms with Crippen LogP contribution < -0.4 is 14.2 Å². The molecule has 0 saturated carbocycles. The summed E-state index contributed by atoms with van der Waals surface area (Å²) in [4.78, 5) is 24.8. The third-order valence-electron chi connectivity index (χ3n) is 5.01. The molecule has 2 aromatic carbocycles. The number of allylic oxidation sites excluding steroid dienone is 1. The van der Waals surface area contributed by atoms with Crippen LogP contribution in [0.1, 0.15) is 82.3 Å². The van der Waals surface area contributed by atoms with Crippen molar-refractivity contribution in [2.75, 3.05) is 13.2 Å². The van der Waals surface area contributed by atoms with Crippen LogP contribution in [0.5, 0.6) is 17.2 Å². The SMILES string of the molecule is CCCOc1cc(OCCC)c(CCC)cc1C=CC(=O)c1ccc(OC(=O)C(C)(C)C)cc1. The largest absolute Gasteiger partial charge is 0.493 e. The van der Waals surface area contributed by atoms with E-state index in [1.54, 1.807) is 57.2 Å². The molecule has 0 unspecified atom stereocenters. The zero-order chi connectivity index (χ0) is 25.1. The molecule has 0 spiro atoms. The van der Waals surface area contributed by atoms with E-state index < -0.39 is 5.41 Å². The number of ketones is 1. The third kappa shape index (κ3) is 8.05. The number of rotatable bonds is 12. The second kappa shape index (κ2) is 13.0. The second-order valence-corrected chi connectivity index (χ2v) is 9.31. The minimum atomic E-state index is -0.595. The molecule has 0 bridgehead atoms. The first-order valence-electron chi connectivity index (χ1n) is 12.2. The van der Waals surface area contributed by atoms with Gasteiger partial charge in [0.15, 0.2) is 5.78 Å². The van der Waals surface area contributed by atoms with Crippen molar-refractivity contribution >= 4 is 17.8 Å². The number of ether oxygens (including phenoxy) is 3. The van der Waals surface area contributed by atoms with E-state index in [1.165, 1.54) is 0 Å². The van der Waals surface area contributed by atoms with Gasteiger partial charge in [-0.05, 0) is 88.1 Å². The van der Waals surface area contributed by atoms with Crippen molar-refractivity contribution in [3.05, 3.63) is 59.2 Å². The number of carbonyl (C=O) groups is 2. The number of benzene rings is 2. The Kier molecular flexibility index (Phi) is 10.4. The van der Waals surface area contributed by atoms with Gasteiger partial charge >= 0.3 is 5.97 Å². The molecule has 0 atom stereocenters. The van der Waals surface area contributed by atoms with E-state index in [-0.39, 0.29) is 11.8 Å². The summed E-state index contributed by atoms with van der Waals surface area (Å²) in [5, 5.41) is 0. The number of carbonyl (C=O) groups excluding carboxylic acids is 2. The van der Waals surface area contributed by atoms with Crippen molar-refractivity contribution in [1.29, 1.82) is 0 Å². The van der Waals surface area contributed by atoms with Gasteiger partial charge in [0, 0.05) is 17.2 Å². The average molecular weight is 467 g/mol. The zero-order valence-corrected chi connectivity index (χ0v) is 21.4. The summed E-state index contributed by atoms with van der Waals surface area (Å²) in [5.74, 6) is 1.52. The fraction of sp³-hybridized carbons (Fsp3) is 0.448. The van der Waals surface area contributed by atoms with Crippen LogP contribution in [0.3, 0.4) is 0 Å². The van der Waals surface area contributed by atoms with E-state index in [0.717, 1.165) is 42.6 Å². The van der Waals surface area contributed by atoms with E-state index in [2.05, 4.69) is 26.8 Å². The maximum Gasteiger partial charge on any atom is 0.316 e. The van der Waals surface area contributed by atoms with E-state index in [4.69, 9.17) is 14.2 Å². The van der Waals surface area contributed by atoms with Crippen LogP contribution in [0, 0.1) is 5.41 Å². The van der Waals surface area contributed by atoms with Gasteiger partial charge in [0.2, 0.25) is 0 Å². The van der Waals surface area contributed by atoms with Gasteiger partial charge in [-0.25, -0.2) is 0 Å². The van der Waals surface area contributed by atoms with Crippen molar-refractivity contribution < 1.29 is 23.8 Å². The molecule has 0 amide bonds. The molecule has 0 heterocycles. The summed E-state index contributed by atoms with van der Waals surface area (Å²) >= 11 is 0. The molecule has 0 aliphatic carbocycles. The smallest absolute Gasteiger partial charge is 0.316 e. The summed E-state index contributed by atoms with van der Waals surface area (Å²) in [6.07, 6.45) is 7.04.